The second-order valence-electron chi connectivity index (χ2n) is 8.51. The SMILES string of the molecule is C[C@@H](NCCc1[nH]c(=S)n2c1CC(c1c(F)ccc(Br)c1F)C2)C1CCCCC1. The van der Waals surface area contributed by atoms with Crippen LogP contribution in [0.2, 0.25) is 0 Å². The number of aromatic amines is 1. The van der Waals surface area contributed by atoms with E-state index in [1.54, 1.807) is 0 Å². The molecule has 1 aromatic heterocycles. The molecule has 0 radical (unpaired) electrons. The summed E-state index contributed by atoms with van der Waals surface area (Å²) in [5, 5.41) is 3.68. The molecule has 2 atom stereocenters. The fraction of sp³-hybridized carbons (Fsp3) is 0.591. The van der Waals surface area contributed by atoms with Crippen molar-refractivity contribution in [1.29, 1.82) is 0 Å². The van der Waals surface area contributed by atoms with Gasteiger partial charge >= 0.3 is 0 Å². The van der Waals surface area contributed by atoms with Gasteiger partial charge in [-0.3, -0.25) is 0 Å². The molecule has 29 heavy (non-hydrogen) atoms. The monoisotopic (exact) mass is 483 g/mol. The number of hydrogen-bond acceptors (Lipinski definition) is 2. The van der Waals surface area contributed by atoms with Gasteiger partial charge in [0.2, 0.25) is 0 Å². The van der Waals surface area contributed by atoms with E-state index < -0.39 is 11.6 Å². The molecule has 1 aliphatic heterocycles. The van der Waals surface area contributed by atoms with Crippen LogP contribution in [0.15, 0.2) is 16.6 Å². The highest BCUT2D eigenvalue weighted by Gasteiger charge is 2.31. The molecule has 7 heteroatoms. The maximum atomic E-state index is 14.6. The Bertz CT molecular complexity index is 933. The van der Waals surface area contributed by atoms with Gasteiger partial charge in [-0.25, -0.2) is 8.78 Å². The van der Waals surface area contributed by atoms with E-state index in [1.165, 1.54) is 44.2 Å². The molecule has 0 amide bonds. The normalized spacial score (nSPS) is 20.8. The van der Waals surface area contributed by atoms with Crippen LogP contribution in [0.25, 0.3) is 0 Å². The third-order valence-electron chi connectivity index (χ3n) is 6.71. The lowest BCUT2D eigenvalue weighted by Crippen LogP contribution is -2.36. The summed E-state index contributed by atoms with van der Waals surface area (Å²) in [7, 11) is 0. The third-order valence-corrected chi connectivity index (χ3v) is 7.64. The van der Waals surface area contributed by atoms with E-state index in [4.69, 9.17) is 12.2 Å². The molecule has 1 fully saturated rings. The van der Waals surface area contributed by atoms with E-state index in [9.17, 15) is 8.78 Å². The van der Waals surface area contributed by atoms with Crippen molar-refractivity contribution in [2.24, 2.45) is 5.92 Å². The van der Waals surface area contributed by atoms with Crippen LogP contribution < -0.4 is 5.32 Å². The number of nitrogens with one attached hydrogen (secondary N) is 2. The maximum Gasteiger partial charge on any atom is 0.177 e. The van der Waals surface area contributed by atoms with Gasteiger partial charge < -0.3 is 14.9 Å². The molecular weight excluding hydrogens is 456 g/mol. The van der Waals surface area contributed by atoms with Crippen LogP contribution in [0.5, 0.6) is 0 Å². The van der Waals surface area contributed by atoms with E-state index >= 15 is 0 Å². The van der Waals surface area contributed by atoms with Gasteiger partial charge in [0.15, 0.2) is 4.77 Å². The predicted molar refractivity (Wildman–Crippen MR) is 118 cm³/mol. The number of halogens is 3. The van der Waals surface area contributed by atoms with Crippen LogP contribution in [0, 0.1) is 22.3 Å². The molecule has 1 saturated carbocycles. The fourth-order valence-electron chi connectivity index (χ4n) is 5.04. The molecule has 4 rings (SSSR count). The van der Waals surface area contributed by atoms with E-state index in [-0.39, 0.29) is 11.5 Å². The van der Waals surface area contributed by atoms with Crippen LogP contribution in [0.4, 0.5) is 8.78 Å². The lowest BCUT2D eigenvalue weighted by molar-refractivity contribution is 0.282. The summed E-state index contributed by atoms with van der Waals surface area (Å²) < 4.78 is 31.9. The van der Waals surface area contributed by atoms with Crippen molar-refractivity contribution in [2.75, 3.05) is 6.54 Å². The highest BCUT2D eigenvalue weighted by molar-refractivity contribution is 9.10. The number of H-pyrrole nitrogens is 1. The second-order valence-corrected chi connectivity index (χ2v) is 9.76. The average molecular weight is 484 g/mol. The number of rotatable bonds is 6. The van der Waals surface area contributed by atoms with Crippen molar-refractivity contribution in [2.45, 2.75) is 70.4 Å². The minimum absolute atomic E-state index is 0.160. The van der Waals surface area contributed by atoms with Crippen LogP contribution in [0.3, 0.4) is 0 Å². The molecule has 2 N–H and O–H groups in total. The summed E-state index contributed by atoms with van der Waals surface area (Å²) >= 11 is 8.67. The second kappa shape index (κ2) is 8.98. The highest BCUT2D eigenvalue weighted by atomic mass is 79.9. The van der Waals surface area contributed by atoms with E-state index in [2.05, 4.69) is 33.2 Å². The van der Waals surface area contributed by atoms with Gasteiger partial charge in [0.25, 0.3) is 0 Å². The van der Waals surface area contributed by atoms with Crippen LogP contribution >= 0.6 is 28.1 Å². The van der Waals surface area contributed by atoms with E-state index in [0.29, 0.717) is 28.3 Å². The number of fused-ring (bicyclic) bond motifs is 1. The molecule has 1 aliphatic carbocycles. The zero-order valence-corrected chi connectivity index (χ0v) is 19.1. The van der Waals surface area contributed by atoms with Crippen LogP contribution in [-0.2, 0) is 19.4 Å². The Balaban J connectivity index is 1.43. The fourth-order valence-corrected chi connectivity index (χ4v) is 5.70. The number of hydrogen-bond donors (Lipinski definition) is 2. The first kappa shape index (κ1) is 21.2. The first-order valence-electron chi connectivity index (χ1n) is 10.6. The molecule has 1 aromatic carbocycles. The van der Waals surface area contributed by atoms with Crippen molar-refractivity contribution in [3.63, 3.8) is 0 Å². The summed E-state index contributed by atoms with van der Waals surface area (Å²) in [6.45, 7) is 3.68. The van der Waals surface area contributed by atoms with Crippen molar-refractivity contribution >= 4 is 28.1 Å². The van der Waals surface area contributed by atoms with Gasteiger partial charge in [0.05, 0.1) is 4.47 Å². The Labute approximate surface area is 184 Å². The molecule has 2 aromatic rings. The Morgan fingerprint density at radius 3 is 2.79 bits per heavy atom. The zero-order chi connectivity index (χ0) is 20.5. The molecule has 1 unspecified atom stereocenters. The molecule has 0 spiro atoms. The van der Waals surface area contributed by atoms with Gasteiger partial charge in [0, 0.05) is 48.4 Å². The Morgan fingerprint density at radius 2 is 2.03 bits per heavy atom. The number of imidazole rings is 1. The van der Waals surface area contributed by atoms with Crippen LogP contribution in [-0.4, -0.2) is 22.1 Å². The third kappa shape index (κ3) is 4.37. The van der Waals surface area contributed by atoms with Gasteiger partial charge in [-0.1, -0.05) is 19.3 Å². The Hall–Kier alpha value is -1.05. The number of nitrogens with zero attached hydrogens (tertiary/aromatic N) is 1. The molecule has 2 aliphatic rings. The van der Waals surface area contributed by atoms with Crippen LogP contribution in [0.1, 0.15) is 61.9 Å². The quantitative estimate of drug-likeness (QED) is 0.388. The van der Waals surface area contributed by atoms with Gasteiger partial charge in [-0.05, 0) is 72.4 Å². The summed E-state index contributed by atoms with van der Waals surface area (Å²) in [5.74, 6) is -0.443. The summed E-state index contributed by atoms with van der Waals surface area (Å²) in [4.78, 5) is 3.32. The van der Waals surface area contributed by atoms with Crippen molar-refractivity contribution < 1.29 is 8.78 Å². The summed E-state index contributed by atoms with van der Waals surface area (Å²) in [6.07, 6.45) is 8.16. The lowest BCUT2D eigenvalue weighted by Gasteiger charge is -2.28. The number of aromatic nitrogens is 2. The smallest absolute Gasteiger partial charge is 0.177 e. The Kier molecular flexibility index (Phi) is 6.56. The zero-order valence-electron chi connectivity index (χ0n) is 16.7. The summed E-state index contributed by atoms with van der Waals surface area (Å²) in [5.41, 5.74) is 2.34. The van der Waals surface area contributed by atoms with Gasteiger partial charge in [-0.15, -0.1) is 0 Å². The molecule has 0 saturated heterocycles. The van der Waals surface area contributed by atoms with Crippen molar-refractivity contribution in [3.05, 3.63) is 50.0 Å². The average Bonchev–Trinajstić information content (AvgIpc) is 3.27. The lowest BCUT2D eigenvalue weighted by atomic mass is 9.84. The maximum absolute atomic E-state index is 14.6. The molecule has 2 heterocycles. The topological polar surface area (TPSA) is 32.8 Å². The number of benzene rings is 1. The van der Waals surface area contributed by atoms with Crippen molar-refractivity contribution in [1.82, 2.24) is 14.9 Å². The van der Waals surface area contributed by atoms with E-state index in [1.807, 2.05) is 4.57 Å². The van der Waals surface area contributed by atoms with Crippen molar-refractivity contribution in [3.8, 4) is 0 Å². The largest absolute Gasteiger partial charge is 0.334 e. The molecule has 3 nitrogen and oxygen atoms in total. The van der Waals surface area contributed by atoms with Gasteiger partial charge in [-0.2, -0.15) is 0 Å². The minimum atomic E-state index is -0.500. The molecule has 0 bridgehead atoms. The van der Waals surface area contributed by atoms with Gasteiger partial charge in [0.1, 0.15) is 11.6 Å². The first-order chi connectivity index (χ1) is 14.0. The van der Waals surface area contributed by atoms with E-state index in [0.717, 1.165) is 30.3 Å². The Morgan fingerprint density at radius 1 is 1.28 bits per heavy atom. The standard InChI is InChI=1S/C22H28BrF2N3S/c1-13(14-5-3-2-4-6-14)26-10-9-18-19-11-15(12-28(19)22(29)27-18)20-17(24)8-7-16(23)21(20)25/h7-8,13-15,26H,2-6,9-12H2,1H3,(H,27,29)/t13-,15?/m1/s1. The molecular formula is C22H28BrF2N3S. The molecule has 158 valence electrons. The highest BCUT2D eigenvalue weighted by Crippen LogP contribution is 2.36. The predicted octanol–water partition coefficient (Wildman–Crippen LogP) is 6.03. The first-order valence-corrected chi connectivity index (χ1v) is 11.8. The summed E-state index contributed by atoms with van der Waals surface area (Å²) in [6, 6.07) is 3.26. The minimum Gasteiger partial charge on any atom is -0.334 e.